The van der Waals surface area contributed by atoms with Crippen LogP contribution in [0.2, 0.25) is 0 Å². The number of benzene rings is 2. The van der Waals surface area contributed by atoms with E-state index < -0.39 is 6.04 Å². The van der Waals surface area contributed by atoms with Crippen LogP contribution in [0.4, 0.5) is 10.3 Å². The first-order valence-corrected chi connectivity index (χ1v) is 12.8. The quantitative estimate of drug-likeness (QED) is 0.342. The summed E-state index contributed by atoms with van der Waals surface area (Å²) < 4.78 is 21.7. The van der Waals surface area contributed by atoms with Gasteiger partial charge in [-0.25, -0.2) is 13.9 Å². The number of anilines is 1. The number of ether oxygens (including phenoxy) is 1. The van der Waals surface area contributed by atoms with Gasteiger partial charge in [0.05, 0.1) is 5.57 Å². The summed E-state index contributed by atoms with van der Waals surface area (Å²) in [7, 11) is 0. The maximum absolute atomic E-state index is 14.1. The summed E-state index contributed by atoms with van der Waals surface area (Å²) in [5.74, 6) is 0.361. The van der Waals surface area contributed by atoms with Crippen molar-refractivity contribution in [1.29, 1.82) is 0 Å². The molecule has 2 N–H and O–H groups in total. The van der Waals surface area contributed by atoms with Crippen LogP contribution in [0.25, 0.3) is 0 Å². The molecule has 35 heavy (non-hydrogen) atoms. The fourth-order valence-electron chi connectivity index (χ4n) is 4.58. The molecule has 0 bridgehead atoms. The van der Waals surface area contributed by atoms with Crippen molar-refractivity contribution in [3.8, 4) is 5.75 Å². The normalized spacial score (nSPS) is 18.2. The highest BCUT2D eigenvalue weighted by atomic mass is 32.2. The number of halogens is 1. The molecule has 0 amide bonds. The average Bonchev–Trinajstić information content (AvgIpc) is 3.26. The lowest BCUT2D eigenvalue weighted by Gasteiger charge is -2.30. The van der Waals surface area contributed by atoms with E-state index >= 15 is 0 Å². The molecule has 182 valence electrons. The van der Waals surface area contributed by atoms with Gasteiger partial charge in [0.1, 0.15) is 23.7 Å². The molecule has 1 fully saturated rings. The number of rotatable bonds is 6. The molecule has 0 saturated heterocycles. The third kappa shape index (κ3) is 5.05. The molecule has 2 aromatic carbocycles. The van der Waals surface area contributed by atoms with Gasteiger partial charge in [0.25, 0.3) is 0 Å². The van der Waals surface area contributed by atoms with Gasteiger partial charge in [-0.1, -0.05) is 48.5 Å². The van der Waals surface area contributed by atoms with E-state index in [-0.39, 0.29) is 23.6 Å². The highest BCUT2D eigenvalue weighted by molar-refractivity contribution is 7.98. The second-order valence-corrected chi connectivity index (χ2v) is 9.81. The van der Waals surface area contributed by atoms with E-state index in [1.807, 2.05) is 6.92 Å². The SMILES string of the molecule is CC1=C(C(=O)OC2CCCCC2)C(c2ccc(O)cc2)n2nc(SCc3ccccc3F)nc2N1. The highest BCUT2D eigenvalue weighted by Crippen LogP contribution is 2.38. The maximum atomic E-state index is 14.1. The number of phenols is 1. The number of carbonyl (C=O) groups excluding carboxylic acids is 1. The van der Waals surface area contributed by atoms with Crippen molar-refractivity contribution in [2.45, 2.75) is 62.1 Å². The van der Waals surface area contributed by atoms with Crippen molar-refractivity contribution >= 4 is 23.7 Å². The lowest BCUT2D eigenvalue weighted by Crippen LogP contribution is -2.32. The van der Waals surface area contributed by atoms with Gasteiger partial charge in [-0.3, -0.25) is 0 Å². The molecule has 0 radical (unpaired) electrons. The van der Waals surface area contributed by atoms with Crippen LogP contribution in [-0.4, -0.2) is 31.9 Å². The molecular weight excluding hydrogens is 467 g/mol. The predicted octanol–water partition coefficient (Wildman–Crippen LogP) is 5.58. The van der Waals surface area contributed by atoms with E-state index in [9.17, 15) is 14.3 Å². The fourth-order valence-corrected chi connectivity index (χ4v) is 5.39. The Labute approximate surface area is 207 Å². The molecule has 2 aliphatic rings. The molecule has 5 rings (SSSR count). The molecule has 7 nitrogen and oxygen atoms in total. The van der Waals surface area contributed by atoms with Crippen LogP contribution in [0, 0.1) is 5.82 Å². The number of thioether (sulfide) groups is 1. The van der Waals surface area contributed by atoms with Crippen LogP contribution in [0.3, 0.4) is 0 Å². The number of carbonyl (C=O) groups is 1. The Bertz CT molecular complexity index is 1250. The van der Waals surface area contributed by atoms with Gasteiger partial charge in [-0.2, -0.15) is 4.98 Å². The third-order valence-electron chi connectivity index (χ3n) is 6.40. The van der Waals surface area contributed by atoms with Gasteiger partial charge in [-0.05, 0) is 61.9 Å². The van der Waals surface area contributed by atoms with E-state index in [2.05, 4.69) is 15.4 Å². The van der Waals surface area contributed by atoms with E-state index in [0.29, 0.717) is 33.7 Å². The Morgan fingerprint density at radius 1 is 1.17 bits per heavy atom. The van der Waals surface area contributed by atoms with Crippen molar-refractivity contribution in [1.82, 2.24) is 14.8 Å². The zero-order chi connectivity index (χ0) is 24.4. The Hall–Kier alpha value is -3.33. The summed E-state index contributed by atoms with van der Waals surface area (Å²) in [6.45, 7) is 1.83. The fraction of sp³-hybridized carbons (Fsp3) is 0.346. The minimum atomic E-state index is -0.571. The molecule has 1 saturated carbocycles. The number of aromatic nitrogens is 3. The summed E-state index contributed by atoms with van der Waals surface area (Å²) in [4.78, 5) is 18.0. The number of nitrogens with zero attached hydrogens (tertiary/aromatic N) is 3. The molecule has 2 heterocycles. The Morgan fingerprint density at radius 3 is 2.66 bits per heavy atom. The molecule has 1 aromatic heterocycles. The average molecular weight is 495 g/mol. The number of fused-ring (bicyclic) bond motifs is 1. The maximum Gasteiger partial charge on any atom is 0.338 e. The summed E-state index contributed by atoms with van der Waals surface area (Å²) in [6.07, 6.45) is 4.96. The van der Waals surface area contributed by atoms with E-state index in [1.54, 1.807) is 47.1 Å². The summed E-state index contributed by atoms with van der Waals surface area (Å²) in [5, 5.41) is 18.1. The number of allylic oxidation sites excluding steroid dienone is 1. The zero-order valence-corrected chi connectivity index (χ0v) is 20.2. The Morgan fingerprint density at radius 2 is 1.91 bits per heavy atom. The smallest absolute Gasteiger partial charge is 0.338 e. The number of phenolic OH excluding ortho intramolecular Hbond substituents is 1. The van der Waals surface area contributed by atoms with Crippen LogP contribution in [0.5, 0.6) is 5.75 Å². The molecule has 1 unspecified atom stereocenters. The van der Waals surface area contributed by atoms with Crippen molar-refractivity contribution in [3.63, 3.8) is 0 Å². The Balaban J connectivity index is 1.45. The molecule has 9 heteroatoms. The van der Waals surface area contributed by atoms with Gasteiger partial charge < -0.3 is 15.2 Å². The van der Waals surface area contributed by atoms with E-state index in [0.717, 1.165) is 31.2 Å². The van der Waals surface area contributed by atoms with Gasteiger partial charge in [-0.15, -0.1) is 5.10 Å². The van der Waals surface area contributed by atoms with Crippen LogP contribution in [-0.2, 0) is 15.3 Å². The minimum absolute atomic E-state index is 0.0824. The summed E-state index contributed by atoms with van der Waals surface area (Å²) in [6, 6.07) is 12.8. The van der Waals surface area contributed by atoms with Gasteiger partial charge in [0.15, 0.2) is 0 Å². The monoisotopic (exact) mass is 494 g/mol. The van der Waals surface area contributed by atoms with Crippen LogP contribution >= 0.6 is 11.8 Å². The number of hydrogen-bond donors (Lipinski definition) is 2. The number of esters is 1. The first-order valence-electron chi connectivity index (χ1n) is 11.8. The molecule has 1 aliphatic carbocycles. The van der Waals surface area contributed by atoms with E-state index in [4.69, 9.17) is 4.74 Å². The number of nitrogens with one attached hydrogen (secondary N) is 1. The molecular formula is C26H27FN4O3S. The van der Waals surface area contributed by atoms with Crippen LogP contribution < -0.4 is 5.32 Å². The van der Waals surface area contributed by atoms with Crippen molar-refractivity contribution in [2.24, 2.45) is 0 Å². The van der Waals surface area contributed by atoms with Crippen molar-refractivity contribution < 1.29 is 19.0 Å². The lowest BCUT2D eigenvalue weighted by atomic mass is 9.95. The number of aromatic hydroxyl groups is 1. The topological polar surface area (TPSA) is 89.3 Å². The predicted molar refractivity (Wildman–Crippen MR) is 132 cm³/mol. The first kappa shape index (κ1) is 23.4. The largest absolute Gasteiger partial charge is 0.508 e. The second kappa shape index (κ2) is 10.1. The molecule has 0 spiro atoms. The molecule has 1 aliphatic heterocycles. The lowest BCUT2D eigenvalue weighted by molar-refractivity contribution is -0.146. The second-order valence-electron chi connectivity index (χ2n) is 8.87. The standard InChI is InChI=1S/C26H27FN4O3S/c1-16-22(24(33)34-20-8-3-2-4-9-20)23(17-11-13-19(32)14-12-17)31-25(28-16)29-26(30-31)35-15-18-7-5-6-10-21(18)27/h5-7,10-14,20,23,32H,2-4,8-9,15H2,1H3,(H,28,29,30). The van der Waals surface area contributed by atoms with Gasteiger partial charge >= 0.3 is 5.97 Å². The van der Waals surface area contributed by atoms with Crippen LogP contribution in [0.1, 0.15) is 56.2 Å². The zero-order valence-electron chi connectivity index (χ0n) is 19.4. The molecule has 1 atom stereocenters. The van der Waals surface area contributed by atoms with Gasteiger partial charge in [0.2, 0.25) is 11.1 Å². The Kier molecular flexibility index (Phi) is 6.77. The third-order valence-corrected chi connectivity index (χ3v) is 7.29. The minimum Gasteiger partial charge on any atom is -0.508 e. The first-order chi connectivity index (χ1) is 17.0. The van der Waals surface area contributed by atoms with Crippen molar-refractivity contribution in [2.75, 3.05) is 5.32 Å². The van der Waals surface area contributed by atoms with Crippen LogP contribution in [0.15, 0.2) is 65.0 Å². The highest BCUT2D eigenvalue weighted by Gasteiger charge is 2.36. The molecule has 3 aromatic rings. The number of hydrogen-bond acceptors (Lipinski definition) is 7. The van der Waals surface area contributed by atoms with Crippen molar-refractivity contribution in [3.05, 3.63) is 76.7 Å². The van der Waals surface area contributed by atoms with Gasteiger partial charge in [0, 0.05) is 11.4 Å². The summed E-state index contributed by atoms with van der Waals surface area (Å²) in [5.41, 5.74) is 2.45. The summed E-state index contributed by atoms with van der Waals surface area (Å²) >= 11 is 1.32. The van der Waals surface area contributed by atoms with E-state index in [1.165, 1.54) is 24.2 Å².